The lowest BCUT2D eigenvalue weighted by atomic mass is 10.2. The maximum Gasteiger partial charge on any atom is 0.242 e. The molecule has 1 aliphatic rings. The molecule has 0 aromatic carbocycles. The lowest BCUT2D eigenvalue weighted by Crippen LogP contribution is -2.33. The summed E-state index contributed by atoms with van der Waals surface area (Å²) in [6.07, 6.45) is 6.92. The second-order valence-electron chi connectivity index (χ2n) is 5.71. The largest absolute Gasteiger partial charge is 0.352 e. The third-order valence-corrected chi connectivity index (χ3v) is 4.09. The molecular formula is C16H27N5O. The number of nitrogens with zero attached hydrogens (tertiary/aromatic N) is 4. The summed E-state index contributed by atoms with van der Waals surface area (Å²) in [6, 6.07) is 0. The van der Waals surface area contributed by atoms with Gasteiger partial charge in [0.1, 0.15) is 0 Å². The van der Waals surface area contributed by atoms with Gasteiger partial charge >= 0.3 is 0 Å². The molecule has 0 aliphatic carbocycles. The molecule has 1 fully saturated rings. The first-order valence-electron chi connectivity index (χ1n) is 8.48. The Bertz CT molecular complexity index is 483. The number of anilines is 1. The topological polar surface area (TPSA) is 71.0 Å². The predicted molar refractivity (Wildman–Crippen MR) is 86.7 cm³/mol. The fourth-order valence-electron chi connectivity index (χ4n) is 2.77. The van der Waals surface area contributed by atoms with Crippen LogP contribution in [-0.2, 0) is 17.6 Å². The van der Waals surface area contributed by atoms with Gasteiger partial charge in [0, 0.05) is 26.1 Å². The van der Waals surface area contributed by atoms with Crippen LogP contribution in [0.2, 0.25) is 0 Å². The third kappa shape index (κ3) is 4.64. The summed E-state index contributed by atoms with van der Waals surface area (Å²) in [5.74, 6) is 0.751. The minimum Gasteiger partial charge on any atom is -0.352 e. The Morgan fingerprint density at radius 1 is 1.05 bits per heavy atom. The van der Waals surface area contributed by atoms with E-state index in [1.165, 1.54) is 12.8 Å². The Morgan fingerprint density at radius 2 is 1.73 bits per heavy atom. The van der Waals surface area contributed by atoms with Gasteiger partial charge in [0.05, 0.1) is 11.4 Å². The zero-order valence-electron chi connectivity index (χ0n) is 13.8. The van der Waals surface area contributed by atoms with Crippen molar-refractivity contribution >= 4 is 11.9 Å². The fourth-order valence-corrected chi connectivity index (χ4v) is 2.77. The summed E-state index contributed by atoms with van der Waals surface area (Å²) in [6.45, 7) is 6.49. The highest BCUT2D eigenvalue weighted by atomic mass is 16.2. The van der Waals surface area contributed by atoms with E-state index in [1.54, 1.807) is 0 Å². The summed E-state index contributed by atoms with van der Waals surface area (Å²) in [7, 11) is 0. The number of hydrogen-bond acceptors (Lipinski definition) is 5. The predicted octanol–water partition coefficient (Wildman–Crippen LogP) is 2.20. The minimum absolute atomic E-state index is 0.225. The van der Waals surface area contributed by atoms with Gasteiger partial charge in [-0.25, -0.2) is 4.98 Å². The molecule has 1 aliphatic heterocycles. The van der Waals surface area contributed by atoms with E-state index in [2.05, 4.69) is 34.3 Å². The molecule has 6 nitrogen and oxygen atoms in total. The lowest BCUT2D eigenvalue weighted by molar-refractivity contribution is -0.130. The van der Waals surface area contributed by atoms with Crippen molar-refractivity contribution < 1.29 is 4.79 Å². The van der Waals surface area contributed by atoms with Crippen molar-refractivity contribution in [3.63, 3.8) is 0 Å². The average Bonchev–Trinajstić information content (AvgIpc) is 2.83. The van der Waals surface area contributed by atoms with Crippen molar-refractivity contribution in [2.24, 2.45) is 0 Å². The first-order valence-corrected chi connectivity index (χ1v) is 8.48. The SMILES string of the molecule is CCc1nnc(NCCC(=O)N2CCCCCC2)nc1CC. The van der Waals surface area contributed by atoms with Crippen molar-refractivity contribution in [3.8, 4) is 0 Å². The molecule has 0 bridgehead atoms. The molecule has 2 rings (SSSR count). The van der Waals surface area contributed by atoms with Crippen LogP contribution in [0.1, 0.15) is 57.3 Å². The van der Waals surface area contributed by atoms with Crippen LogP contribution < -0.4 is 5.32 Å². The number of nitrogens with one attached hydrogen (secondary N) is 1. The number of aromatic nitrogens is 3. The Kier molecular flexibility index (Phi) is 6.55. The van der Waals surface area contributed by atoms with Crippen LogP contribution in [0.5, 0.6) is 0 Å². The van der Waals surface area contributed by atoms with Gasteiger partial charge in [0.2, 0.25) is 11.9 Å². The molecule has 1 saturated heterocycles. The highest BCUT2D eigenvalue weighted by molar-refractivity contribution is 5.76. The van der Waals surface area contributed by atoms with Gasteiger partial charge in [-0.2, -0.15) is 5.10 Å². The quantitative estimate of drug-likeness (QED) is 0.872. The first-order chi connectivity index (χ1) is 10.7. The van der Waals surface area contributed by atoms with Crippen LogP contribution >= 0.6 is 0 Å². The Balaban J connectivity index is 1.81. The molecule has 122 valence electrons. The molecule has 0 atom stereocenters. The number of carbonyl (C=O) groups excluding carboxylic acids is 1. The summed E-state index contributed by atoms with van der Waals surface area (Å²) in [5.41, 5.74) is 1.94. The Labute approximate surface area is 132 Å². The second-order valence-corrected chi connectivity index (χ2v) is 5.71. The van der Waals surface area contributed by atoms with E-state index in [4.69, 9.17) is 0 Å². The molecule has 22 heavy (non-hydrogen) atoms. The molecule has 6 heteroatoms. The molecule has 1 aromatic rings. The van der Waals surface area contributed by atoms with Crippen LogP contribution in [0.25, 0.3) is 0 Å². The maximum absolute atomic E-state index is 12.2. The zero-order valence-corrected chi connectivity index (χ0v) is 13.8. The van der Waals surface area contributed by atoms with Gasteiger partial charge in [-0.1, -0.05) is 26.7 Å². The van der Waals surface area contributed by atoms with Gasteiger partial charge in [0.15, 0.2) is 0 Å². The highest BCUT2D eigenvalue weighted by Gasteiger charge is 2.15. The zero-order chi connectivity index (χ0) is 15.8. The minimum atomic E-state index is 0.225. The van der Waals surface area contributed by atoms with Gasteiger partial charge in [-0.15, -0.1) is 5.10 Å². The number of amides is 1. The Morgan fingerprint density at radius 3 is 2.36 bits per heavy atom. The van der Waals surface area contributed by atoms with E-state index >= 15 is 0 Å². The maximum atomic E-state index is 12.2. The molecule has 1 aromatic heterocycles. The number of aryl methyl sites for hydroxylation is 2. The van der Waals surface area contributed by atoms with E-state index in [0.29, 0.717) is 18.9 Å². The number of hydrogen-bond donors (Lipinski definition) is 1. The van der Waals surface area contributed by atoms with Gasteiger partial charge in [0.25, 0.3) is 0 Å². The highest BCUT2D eigenvalue weighted by Crippen LogP contribution is 2.11. The monoisotopic (exact) mass is 305 g/mol. The second kappa shape index (κ2) is 8.66. The fraction of sp³-hybridized carbons (Fsp3) is 0.750. The Hall–Kier alpha value is -1.72. The van der Waals surface area contributed by atoms with Crippen LogP contribution in [0.3, 0.4) is 0 Å². The van der Waals surface area contributed by atoms with E-state index < -0.39 is 0 Å². The number of likely N-dealkylation sites (tertiary alicyclic amines) is 1. The summed E-state index contributed by atoms with van der Waals surface area (Å²) >= 11 is 0. The molecule has 1 amide bonds. The molecule has 0 saturated carbocycles. The molecule has 1 N–H and O–H groups in total. The molecule has 0 spiro atoms. The number of rotatable bonds is 6. The average molecular weight is 305 g/mol. The van der Waals surface area contributed by atoms with Crippen LogP contribution in [0, 0.1) is 0 Å². The smallest absolute Gasteiger partial charge is 0.242 e. The third-order valence-electron chi connectivity index (χ3n) is 4.09. The van der Waals surface area contributed by atoms with Gasteiger partial charge < -0.3 is 10.2 Å². The normalized spacial score (nSPS) is 15.5. The van der Waals surface area contributed by atoms with Crippen LogP contribution in [0.15, 0.2) is 0 Å². The van der Waals surface area contributed by atoms with Crippen molar-refractivity contribution in [1.29, 1.82) is 0 Å². The van der Waals surface area contributed by atoms with Crippen molar-refractivity contribution in [3.05, 3.63) is 11.4 Å². The van der Waals surface area contributed by atoms with E-state index in [1.807, 2.05) is 4.90 Å². The van der Waals surface area contributed by atoms with Crippen molar-refractivity contribution in [2.45, 2.75) is 58.8 Å². The molecular weight excluding hydrogens is 278 g/mol. The summed E-state index contributed by atoms with van der Waals surface area (Å²) in [5, 5.41) is 11.4. The first kappa shape index (κ1) is 16.6. The van der Waals surface area contributed by atoms with Gasteiger partial charge in [-0.05, 0) is 25.7 Å². The van der Waals surface area contributed by atoms with Crippen LogP contribution in [0.4, 0.5) is 5.95 Å². The molecule has 0 radical (unpaired) electrons. The molecule has 2 heterocycles. The van der Waals surface area contributed by atoms with Crippen LogP contribution in [-0.4, -0.2) is 45.6 Å². The lowest BCUT2D eigenvalue weighted by Gasteiger charge is -2.20. The van der Waals surface area contributed by atoms with E-state index in [9.17, 15) is 4.79 Å². The van der Waals surface area contributed by atoms with E-state index in [0.717, 1.165) is 50.2 Å². The van der Waals surface area contributed by atoms with Crippen molar-refractivity contribution in [2.75, 3.05) is 25.0 Å². The summed E-state index contributed by atoms with van der Waals surface area (Å²) < 4.78 is 0. The standard InChI is InChI=1S/C16H27N5O/c1-3-13-14(4-2)19-20-16(18-13)17-10-9-15(22)21-11-7-5-6-8-12-21/h3-12H2,1-2H3,(H,17,18,20). The van der Waals surface area contributed by atoms with Gasteiger partial charge in [-0.3, -0.25) is 4.79 Å². The van der Waals surface area contributed by atoms with E-state index in [-0.39, 0.29) is 5.91 Å². The number of carbonyl (C=O) groups is 1. The summed E-state index contributed by atoms with van der Waals surface area (Å²) in [4.78, 5) is 18.7. The van der Waals surface area contributed by atoms with Crippen molar-refractivity contribution in [1.82, 2.24) is 20.1 Å². The molecule has 0 unspecified atom stereocenters.